The highest BCUT2D eigenvalue weighted by Gasteiger charge is 2.50. The molecule has 9 nitrogen and oxygen atoms in total. The molecule has 10 heteroatoms. The molecule has 2 fully saturated rings. The van der Waals surface area contributed by atoms with Gasteiger partial charge in [-0.15, -0.1) is 0 Å². The minimum absolute atomic E-state index is 0.0300. The van der Waals surface area contributed by atoms with E-state index in [-0.39, 0.29) is 45.5 Å². The lowest BCUT2D eigenvalue weighted by atomic mass is 9.65. The highest BCUT2D eigenvalue weighted by molar-refractivity contribution is 7.92. The van der Waals surface area contributed by atoms with E-state index >= 15 is 0 Å². The Hall–Kier alpha value is -3.27. The molecule has 2 atom stereocenters. The van der Waals surface area contributed by atoms with Crippen LogP contribution in [0.1, 0.15) is 50.4 Å². The Morgan fingerprint density at radius 2 is 1.73 bits per heavy atom. The van der Waals surface area contributed by atoms with Crippen molar-refractivity contribution in [3.8, 4) is 11.5 Å². The van der Waals surface area contributed by atoms with Gasteiger partial charge in [-0.25, -0.2) is 13.2 Å². The summed E-state index contributed by atoms with van der Waals surface area (Å²) >= 11 is 0. The number of hydrogen-bond acceptors (Lipinski definition) is 7. The fourth-order valence-corrected chi connectivity index (χ4v) is 7.20. The van der Waals surface area contributed by atoms with Gasteiger partial charge in [0, 0.05) is 24.3 Å². The van der Waals surface area contributed by atoms with Gasteiger partial charge in [0.2, 0.25) is 0 Å². The molecule has 198 valence electrons. The van der Waals surface area contributed by atoms with Crippen molar-refractivity contribution in [2.45, 2.75) is 51.0 Å². The van der Waals surface area contributed by atoms with Crippen LogP contribution in [0.15, 0.2) is 47.4 Å². The smallest absolute Gasteiger partial charge is 0.338 e. The number of esters is 1. The van der Waals surface area contributed by atoms with E-state index in [4.69, 9.17) is 14.2 Å². The highest BCUT2D eigenvalue weighted by Crippen LogP contribution is 2.52. The van der Waals surface area contributed by atoms with Crippen molar-refractivity contribution in [1.82, 2.24) is 4.90 Å². The molecule has 2 bridgehead atoms. The Bertz CT molecular complexity index is 1320. The van der Waals surface area contributed by atoms with E-state index in [1.54, 1.807) is 6.07 Å². The molecule has 1 saturated carbocycles. The van der Waals surface area contributed by atoms with E-state index in [1.165, 1.54) is 36.4 Å². The van der Waals surface area contributed by atoms with Gasteiger partial charge in [0.15, 0.2) is 18.1 Å². The van der Waals surface area contributed by atoms with Crippen LogP contribution in [0.5, 0.6) is 11.5 Å². The Morgan fingerprint density at radius 3 is 2.46 bits per heavy atom. The number of amides is 1. The van der Waals surface area contributed by atoms with E-state index in [9.17, 15) is 18.0 Å². The summed E-state index contributed by atoms with van der Waals surface area (Å²) in [6, 6.07) is 10.5. The zero-order valence-electron chi connectivity index (χ0n) is 21.3. The molecule has 3 aliphatic rings. The SMILES string of the molecule is CC1(C)CC2CC(C)(CN2C(=O)COC(=O)c2ccc(NS(=O)(=O)c3ccc4c(c3)OCCO4)cc2)C1. The van der Waals surface area contributed by atoms with Crippen LogP contribution in [-0.4, -0.2) is 57.6 Å². The third kappa shape index (κ3) is 5.39. The Morgan fingerprint density at radius 1 is 1.03 bits per heavy atom. The average molecular weight is 529 g/mol. The predicted octanol–water partition coefficient (Wildman–Crippen LogP) is 3.84. The topological polar surface area (TPSA) is 111 Å². The van der Waals surface area contributed by atoms with Gasteiger partial charge < -0.3 is 19.1 Å². The zero-order chi connectivity index (χ0) is 26.4. The first kappa shape index (κ1) is 25.4. The van der Waals surface area contributed by atoms with Gasteiger partial charge in [-0.05, 0) is 66.5 Å². The lowest BCUT2D eigenvalue weighted by Gasteiger charge is -2.39. The van der Waals surface area contributed by atoms with Gasteiger partial charge in [-0.3, -0.25) is 9.52 Å². The Balaban J connectivity index is 1.18. The lowest BCUT2D eigenvalue weighted by molar-refractivity contribution is -0.135. The molecule has 1 aliphatic carbocycles. The summed E-state index contributed by atoms with van der Waals surface area (Å²) in [5, 5.41) is 0. The minimum atomic E-state index is -3.88. The first-order valence-corrected chi connectivity index (χ1v) is 13.9. The molecular weight excluding hydrogens is 496 g/mol. The normalized spacial score (nSPS) is 23.9. The van der Waals surface area contributed by atoms with E-state index in [0.717, 1.165) is 19.3 Å². The second-order valence-electron chi connectivity index (χ2n) is 11.3. The number of ether oxygens (including phenoxy) is 3. The van der Waals surface area contributed by atoms with Crippen LogP contribution in [0.3, 0.4) is 0 Å². The number of likely N-dealkylation sites (tertiary alicyclic amines) is 1. The molecule has 0 radical (unpaired) electrons. The first-order chi connectivity index (χ1) is 17.4. The van der Waals surface area contributed by atoms with E-state index in [0.29, 0.717) is 31.3 Å². The second-order valence-corrected chi connectivity index (χ2v) is 13.0. The number of rotatable bonds is 6. The summed E-state index contributed by atoms with van der Waals surface area (Å²) in [4.78, 5) is 27.3. The van der Waals surface area contributed by atoms with Crippen LogP contribution in [-0.2, 0) is 19.6 Å². The molecule has 1 saturated heterocycles. The molecule has 2 aromatic carbocycles. The molecule has 2 heterocycles. The molecule has 0 spiro atoms. The highest BCUT2D eigenvalue weighted by atomic mass is 32.2. The number of benzene rings is 2. The molecule has 2 unspecified atom stereocenters. The van der Waals surface area contributed by atoms with Crippen molar-refractivity contribution in [2.24, 2.45) is 10.8 Å². The molecule has 5 rings (SSSR count). The van der Waals surface area contributed by atoms with Gasteiger partial charge in [0.05, 0.1) is 10.5 Å². The Labute approximate surface area is 217 Å². The van der Waals surface area contributed by atoms with Crippen molar-refractivity contribution in [3.05, 3.63) is 48.0 Å². The molecule has 1 N–H and O–H groups in total. The largest absolute Gasteiger partial charge is 0.486 e. The summed E-state index contributed by atoms with van der Waals surface area (Å²) in [5.74, 6) is 0.0567. The van der Waals surface area contributed by atoms with E-state index in [1.807, 2.05) is 4.90 Å². The molecular formula is C27H32N2O7S. The minimum Gasteiger partial charge on any atom is -0.486 e. The maximum absolute atomic E-state index is 12.9. The van der Waals surface area contributed by atoms with Gasteiger partial charge >= 0.3 is 5.97 Å². The van der Waals surface area contributed by atoms with Crippen molar-refractivity contribution in [3.63, 3.8) is 0 Å². The third-order valence-corrected chi connectivity index (χ3v) is 8.64. The van der Waals surface area contributed by atoms with Crippen molar-refractivity contribution in [1.29, 1.82) is 0 Å². The summed E-state index contributed by atoms with van der Waals surface area (Å²) in [7, 11) is -3.88. The average Bonchev–Trinajstić information content (AvgIpc) is 3.10. The van der Waals surface area contributed by atoms with Crippen LogP contribution >= 0.6 is 0 Å². The number of carbonyl (C=O) groups excluding carboxylic acids is 2. The fourth-order valence-electron chi connectivity index (χ4n) is 6.12. The Kier molecular flexibility index (Phi) is 6.34. The van der Waals surface area contributed by atoms with Crippen LogP contribution in [0.2, 0.25) is 0 Å². The summed E-state index contributed by atoms with van der Waals surface area (Å²) in [6.45, 7) is 7.85. The summed E-state index contributed by atoms with van der Waals surface area (Å²) in [6.07, 6.45) is 3.01. The van der Waals surface area contributed by atoms with Crippen LogP contribution in [0.4, 0.5) is 5.69 Å². The van der Waals surface area contributed by atoms with E-state index in [2.05, 4.69) is 25.5 Å². The predicted molar refractivity (Wildman–Crippen MR) is 136 cm³/mol. The van der Waals surface area contributed by atoms with Crippen molar-refractivity contribution < 1.29 is 32.2 Å². The summed E-state index contributed by atoms with van der Waals surface area (Å²) in [5.41, 5.74) is 0.801. The fraction of sp³-hybridized carbons (Fsp3) is 0.481. The monoisotopic (exact) mass is 528 g/mol. The number of nitrogens with one attached hydrogen (secondary N) is 1. The van der Waals surface area contributed by atoms with Crippen molar-refractivity contribution in [2.75, 3.05) is 31.1 Å². The van der Waals surface area contributed by atoms with Gasteiger partial charge in [-0.2, -0.15) is 0 Å². The zero-order valence-corrected chi connectivity index (χ0v) is 22.1. The standard InChI is InChI=1S/C27H32N2O7S/c1-26(2)13-20-14-27(3,16-26)17-29(20)24(30)15-36-25(31)18-4-6-19(7-5-18)28-37(32,33)21-8-9-22-23(12-21)35-11-10-34-22/h4-9,12,20,28H,10-11,13-17H2,1-3H3. The van der Waals surface area contributed by atoms with Crippen LogP contribution in [0.25, 0.3) is 0 Å². The van der Waals surface area contributed by atoms with Crippen molar-refractivity contribution >= 4 is 27.6 Å². The van der Waals surface area contributed by atoms with E-state index < -0.39 is 16.0 Å². The number of nitrogens with zero attached hydrogens (tertiary/aromatic N) is 1. The third-order valence-electron chi connectivity index (χ3n) is 7.26. The number of sulfonamides is 1. The number of fused-ring (bicyclic) bond motifs is 3. The summed E-state index contributed by atoms with van der Waals surface area (Å²) < 4.78 is 44.3. The molecule has 2 aliphatic heterocycles. The number of carbonyl (C=O) groups is 2. The second kappa shape index (κ2) is 9.24. The molecule has 1 amide bonds. The van der Waals surface area contributed by atoms with Crippen LogP contribution in [0, 0.1) is 10.8 Å². The maximum Gasteiger partial charge on any atom is 0.338 e. The number of hydrogen-bond donors (Lipinski definition) is 1. The van der Waals surface area contributed by atoms with Gasteiger partial charge in [0.1, 0.15) is 13.2 Å². The van der Waals surface area contributed by atoms with Gasteiger partial charge in [-0.1, -0.05) is 20.8 Å². The molecule has 0 aromatic heterocycles. The molecule has 37 heavy (non-hydrogen) atoms. The van der Waals surface area contributed by atoms with Gasteiger partial charge in [0.25, 0.3) is 15.9 Å². The van der Waals surface area contributed by atoms with Crippen LogP contribution < -0.4 is 14.2 Å². The molecule has 2 aromatic rings. The maximum atomic E-state index is 12.9. The quantitative estimate of drug-likeness (QED) is 0.567. The lowest BCUT2D eigenvalue weighted by Crippen LogP contribution is -2.39. The number of anilines is 1. The first-order valence-electron chi connectivity index (χ1n) is 12.4.